The van der Waals surface area contributed by atoms with Crippen molar-refractivity contribution in [3.8, 4) is 28.2 Å². The van der Waals surface area contributed by atoms with Crippen LogP contribution >= 0.6 is 11.8 Å². The number of hydrogen-bond donors (Lipinski definition) is 1. The Morgan fingerprint density at radius 2 is 1.14 bits per heavy atom. The molecule has 0 aliphatic rings. The number of benzene rings is 5. The number of hydrogen-bond acceptors (Lipinski definition) is 3. The summed E-state index contributed by atoms with van der Waals surface area (Å²) in [6.07, 6.45) is 1.84. The monoisotopic (exact) mass is 593 g/mol. The van der Waals surface area contributed by atoms with Gasteiger partial charge in [0.05, 0.1) is 17.3 Å². The van der Waals surface area contributed by atoms with Crippen LogP contribution in [0.4, 0.5) is 0 Å². The van der Waals surface area contributed by atoms with E-state index >= 15 is 0 Å². The van der Waals surface area contributed by atoms with Gasteiger partial charge in [-0.1, -0.05) is 151 Å². The molecule has 44 heavy (non-hydrogen) atoms. The van der Waals surface area contributed by atoms with Crippen molar-refractivity contribution in [2.45, 2.75) is 23.9 Å². The first-order chi connectivity index (χ1) is 21.8. The van der Waals surface area contributed by atoms with Crippen molar-refractivity contribution in [1.82, 2.24) is 14.9 Å². The van der Waals surface area contributed by atoms with Crippen molar-refractivity contribution in [1.29, 1.82) is 0 Å². The van der Waals surface area contributed by atoms with E-state index in [4.69, 9.17) is 4.98 Å². The minimum atomic E-state index is -0.321. The van der Waals surface area contributed by atoms with E-state index in [0.717, 1.165) is 63.1 Å². The maximum atomic E-state index is 13.4. The zero-order valence-electron chi connectivity index (χ0n) is 24.6. The highest BCUT2D eigenvalue weighted by molar-refractivity contribution is 7.99. The number of rotatable bonds is 12. The molecule has 0 aliphatic carbocycles. The molecule has 6 aromatic rings. The molecule has 0 atom stereocenters. The van der Waals surface area contributed by atoms with Crippen molar-refractivity contribution in [3.05, 3.63) is 163 Å². The first-order valence-corrected chi connectivity index (χ1v) is 16.1. The van der Waals surface area contributed by atoms with E-state index in [1.165, 1.54) is 0 Å². The van der Waals surface area contributed by atoms with Gasteiger partial charge in [0.25, 0.3) is 0 Å². The lowest BCUT2D eigenvalue weighted by atomic mass is 9.90. The minimum absolute atomic E-state index is 0.0367. The van der Waals surface area contributed by atoms with Crippen LogP contribution in [0.25, 0.3) is 28.2 Å². The third kappa shape index (κ3) is 6.85. The number of para-hydroxylation sites is 1. The van der Waals surface area contributed by atoms with Crippen LogP contribution in [0.3, 0.4) is 0 Å². The van der Waals surface area contributed by atoms with Gasteiger partial charge in [-0.3, -0.25) is 9.36 Å². The zero-order valence-corrected chi connectivity index (χ0v) is 25.4. The molecule has 5 heteroatoms. The maximum absolute atomic E-state index is 13.4. The highest BCUT2D eigenvalue weighted by atomic mass is 32.2. The summed E-state index contributed by atoms with van der Waals surface area (Å²) in [6, 6.07) is 51.4. The summed E-state index contributed by atoms with van der Waals surface area (Å²) in [5.74, 6) is 0.607. The number of imidazole rings is 1. The summed E-state index contributed by atoms with van der Waals surface area (Å²) in [7, 11) is 0. The van der Waals surface area contributed by atoms with Crippen LogP contribution in [0.2, 0.25) is 0 Å². The van der Waals surface area contributed by atoms with E-state index < -0.39 is 0 Å². The Labute approximate surface area is 263 Å². The first kappa shape index (κ1) is 29.2. The molecule has 1 aromatic heterocycles. The highest BCUT2D eigenvalue weighted by Crippen LogP contribution is 2.38. The highest BCUT2D eigenvalue weighted by Gasteiger charge is 2.23. The summed E-state index contributed by atoms with van der Waals surface area (Å²) in [4.78, 5) is 18.6. The normalized spacial score (nSPS) is 11.0. The van der Waals surface area contributed by atoms with Gasteiger partial charge < -0.3 is 5.32 Å². The van der Waals surface area contributed by atoms with Crippen LogP contribution in [0.1, 0.15) is 29.9 Å². The Morgan fingerprint density at radius 1 is 0.636 bits per heavy atom. The molecule has 4 nitrogen and oxygen atoms in total. The number of carbonyl (C=O) groups is 1. The van der Waals surface area contributed by atoms with Crippen molar-refractivity contribution >= 4 is 17.7 Å². The van der Waals surface area contributed by atoms with Crippen LogP contribution < -0.4 is 5.32 Å². The second-order valence-electron chi connectivity index (χ2n) is 10.6. The van der Waals surface area contributed by atoms with Crippen molar-refractivity contribution in [3.63, 3.8) is 0 Å². The Kier molecular flexibility index (Phi) is 9.65. The largest absolute Gasteiger partial charge is 0.355 e. The second-order valence-corrected chi connectivity index (χ2v) is 11.7. The molecular formula is C39H35N3OS. The number of unbranched alkanes of at least 4 members (excludes halogenated alkanes) is 1. The van der Waals surface area contributed by atoms with E-state index in [0.29, 0.717) is 6.54 Å². The Hall–Kier alpha value is -4.87. The Balaban J connectivity index is 1.17. The smallest absolute Gasteiger partial charge is 0.232 e. The lowest BCUT2D eigenvalue weighted by Crippen LogP contribution is -2.30. The molecule has 5 aromatic carbocycles. The van der Waals surface area contributed by atoms with Crippen LogP contribution in [0.5, 0.6) is 0 Å². The van der Waals surface area contributed by atoms with Gasteiger partial charge in [0, 0.05) is 29.1 Å². The summed E-state index contributed by atoms with van der Waals surface area (Å²) >= 11 is 1.76. The summed E-state index contributed by atoms with van der Waals surface area (Å²) in [6.45, 7) is 0.632. The Bertz CT molecular complexity index is 1720. The molecule has 0 spiro atoms. The molecule has 1 heterocycles. The fourth-order valence-corrected chi connectivity index (χ4v) is 6.48. The van der Waals surface area contributed by atoms with E-state index in [9.17, 15) is 4.79 Å². The molecule has 0 unspecified atom stereocenters. The molecule has 0 saturated heterocycles. The van der Waals surface area contributed by atoms with Gasteiger partial charge in [-0.2, -0.15) is 0 Å². The standard InChI is InChI=1S/C39H35N3OS/c43-38(35(30-18-6-1-7-19-30)31-20-8-2-9-21-31)40-28-16-17-29-44-39-41-36(32-22-10-3-11-23-32)37(33-24-12-4-13-25-33)42(39)34-26-14-5-15-27-34/h1-15,18-27,35H,16-17,28-29H2,(H,40,43). The lowest BCUT2D eigenvalue weighted by molar-refractivity contribution is -0.121. The van der Waals surface area contributed by atoms with E-state index in [2.05, 4.69) is 82.7 Å². The van der Waals surface area contributed by atoms with Gasteiger partial charge in [-0.05, 0) is 36.1 Å². The Morgan fingerprint density at radius 3 is 1.70 bits per heavy atom. The predicted molar refractivity (Wildman–Crippen MR) is 182 cm³/mol. The molecule has 0 bridgehead atoms. The molecule has 218 valence electrons. The zero-order chi connectivity index (χ0) is 30.0. The van der Waals surface area contributed by atoms with Gasteiger partial charge >= 0.3 is 0 Å². The van der Waals surface area contributed by atoms with Gasteiger partial charge in [0.1, 0.15) is 0 Å². The van der Waals surface area contributed by atoms with Crippen molar-refractivity contribution in [2.24, 2.45) is 0 Å². The summed E-state index contributed by atoms with van der Waals surface area (Å²) in [5, 5.41) is 4.17. The van der Waals surface area contributed by atoms with E-state index in [1.807, 2.05) is 78.9 Å². The summed E-state index contributed by atoms with van der Waals surface area (Å²) in [5.41, 5.74) is 7.38. The number of carbonyl (C=O) groups excluding carboxylic acids is 1. The molecule has 0 saturated carbocycles. The topological polar surface area (TPSA) is 46.9 Å². The van der Waals surface area contributed by atoms with Crippen LogP contribution in [0.15, 0.2) is 157 Å². The third-order valence-electron chi connectivity index (χ3n) is 7.58. The lowest BCUT2D eigenvalue weighted by Gasteiger charge is -2.18. The van der Waals surface area contributed by atoms with Crippen LogP contribution in [-0.2, 0) is 4.79 Å². The number of amides is 1. The van der Waals surface area contributed by atoms with E-state index in [-0.39, 0.29) is 11.8 Å². The SMILES string of the molecule is O=C(NCCCCSc1nc(-c2ccccc2)c(-c2ccccc2)n1-c1ccccc1)C(c1ccccc1)c1ccccc1. The molecule has 0 aliphatic heterocycles. The molecular weight excluding hydrogens is 559 g/mol. The quantitative estimate of drug-likeness (QED) is 0.114. The summed E-state index contributed by atoms with van der Waals surface area (Å²) < 4.78 is 2.29. The average Bonchev–Trinajstić information content (AvgIpc) is 3.48. The van der Waals surface area contributed by atoms with E-state index in [1.54, 1.807) is 11.8 Å². The van der Waals surface area contributed by atoms with Crippen LogP contribution in [-0.4, -0.2) is 27.8 Å². The second kappa shape index (κ2) is 14.5. The van der Waals surface area contributed by atoms with Gasteiger partial charge in [-0.15, -0.1) is 0 Å². The average molecular weight is 594 g/mol. The number of nitrogens with one attached hydrogen (secondary N) is 1. The third-order valence-corrected chi connectivity index (χ3v) is 8.61. The van der Waals surface area contributed by atoms with Gasteiger partial charge in [0.15, 0.2) is 5.16 Å². The molecule has 1 N–H and O–H groups in total. The fraction of sp³-hybridized carbons (Fsp3) is 0.128. The predicted octanol–water partition coefficient (Wildman–Crippen LogP) is 9.03. The molecule has 1 amide bonds. The van der Waals surface area contributed by atoms with Gasteiger partial charge in [0.2, 0.25) is 5.91 Å². The van der Waals surface area contributed by atoms with Crippen molar-refractivity contribution < 1.29 is 4.79 Å². The van der Waals surface area contributed by atoms with Crippen molar-refractivity contribution in [2.75, 3.05) is 12.3 Å². The number of aromatic nitrogens is 2. The number of nitrogens with zero attached hydrogens (tertiary/aromatic N) is 2. The van der Waals surface area contributed by atoms with Crippen LogP contribution in [0, 0.1) is 0 Å². The maximum Gasteiger partial charge on any atom is 0.232 e. The molecule has 6 rings (SSSR count). The van der Waals surface area contributed by atoms with Gasteiger partial charge in [-0.25, -0.2) is 4.98 Å². The molecule has 0 fully saturated rings. The minimum Gasteiger partial charge on any atom is -0.355 e. The first-order valence-electron chi connectivity index (χ1n) is 15.1. The number of thioether (sulfide) groups is 1. The fourth-order valence-electron chi connectivity index (χ4n) is 5.46. The molecule has 0 radical (unpaired) electrons.